The fraction of sp³-hybridized carbons (Fsp3) is 0.609. The van der Waals surface area contributed by atoms with Gasteiger partial charge in [0.15, 0.2) is 0 Å². The van der Waals surface area contributed by atoms with E-state index in [0.29, 0.717) is 38.2 Å². The van der Waals surface area contributed by atoms with Crippen LogP contribution >= 0.6 is 0 Å². The second-order valence-corrected chi connectivity index (χ2v) is 10.7. The molecule has 0 radical (unpaired) electrons. The quantitative estimate of drug-likeness (QED) is 0.491. The highest BCUT2D eigenvalue weighted by atomic mass is 32.2. The van der Waals surface area contributed by atoms with E-state index in [-0.39, 0.29) is 30.5 Å². The predicted octanol–water partition coefficient (Wildman–Crippen LogP) is 0.825. The summed E-state index contributed by atoms with van der Waals surface area (Å²) in [5.74, 6) is -2.28. The van der Waals surface area contributed by atoms with Gasteiger partial charge in [0.1, 0.15) is 12.1 Å². The van der Waals surface area contributed by atoms with Gasteiger partial charge in [-0.05, 0) is 37.2 Å². The number of hydrogen-bond acceptors (Lipinski definition) is 6. The maximum absolute atomic E-state index is 13.3. The van der Waals surface area contributed by atoms with Crippen LogP contribution in [0.3, 0.4) is 0 Å². The molecule has 2 aliphatic rings. The summed E-state index contributed by atoms with van der Waals surface area (Å²) in [5.41, 5.74) is 0.536. The summed E-state index contributed by atoms with van der Waals surface area (Å²) >= 11 is 0. The highest BCUT2D eigenvalue weighted by molar-refractivity contribution is 7.88. The van der Waals surface area contributed by atoms with Crippen molar-refractivity contribution in [1.82, 2.24) is 14.5 Å². The van der Waals surface area contributed by atoms with Crippen molar-refractivity contribution in [3.8, 4) is 0 Å². The molecule has 0 aromatic heterocycles. The number of likely N-dealkylation sites (tertiary alicyclic amines) is 1. The van der Waals surface area contributed by atoms with Gasteiger partial charge in [-0.15, -0.1) is 0 Å². The third-order valence-electron chi connectivity index (χ3n) is 6.32. The number of aliphatic carboxylic acids is 1. The molecule has 2 atom stereocenters. The van der Waals surface area contributed by atoms with E-state index in [0.717, 1.165) is 12.8 Å². The van der Waals surface area contributed by atoms with Gasteiger partial charge in [-0.2, -0.15) is 0 Å². The minimum absolute atomic E-state index is 0.207. The van der Waals surface area contributed by atoms with Crippen molar-refractivity contribution in [2.45, 2.75) is 49.9 Å². The third-order valence-corrected chi connectivity index (χ3v) is 7.67. The molecule has 3 rings (SSSR count). The minimum Gasteiger partial charge on any atom is -0.480 e. The fourth-order valence-corrected chi connectivity index (χ4v) is 5.80. The number of amides is 2. The van der Waals surface area contributed by atoms with Crippen LogP contribution in [0, 0.1) is 5.92 Å². The lowest BCUT2D eigenvalue weighted by molar-refractivity contribution is -0.149. The Hall–Kier alpha value is -2.50. The molecule has 11 heteroatoms. The van der Waals surface area contributed by atoms with Crippen LogP contribution in [-0.2, 0) is 34.9 Å². The molecule has 2 amide bonds. The number of carboxylic acid groups (broad SMARTS) is 1. The Balaban J connectivity index is 1.74. The molecule has 34 heavy (non-hydrogen) atoms. The number of nitrogens with zero attached hydrogens (tertiary/aromatic N) is 2. The number of benzene rings is 1. The summed E-state index contributed by atoms with van der Waals surface area (Å²) < 4.78 is 33.5. The maximum atomic E-state index is 13.3. The predicted molar refractivity (Wildman–Crippen MR) is 124 cm³/mol. The van der Waals surface area contributed by atoms with E-state index in [9.17, 15) is 27.9 Å². The van der Waals surface area contributed by atoms with E-state index >= 15 is 0 Å². The zero-order valence-corrected chi connectivity index (χ0v) is 20.2. The molecule has 1 aromatic carbocycles. The van der Waals surface area contributed by atoms with Gasteiger partial charge in [-0.25, -0.2) is 17.9 Å². The average molecular weight is 496 g/mol. The largest absolute Gasteiger partial charge is 0.480 e. The van der Waals surface area contributed by atoms with Gasteiger partial charge in [0.2, 0.25) is 21.8 Å². The van der Waals surface area contributed by atoms with Crippen LogP contribution in [0.4, 0.5) is 0 Å². The normalized spacial score (nSPS) is 20.1. The fourth-order valence-electron chi connectivity index (χ4n) is 4.47. The highest BCUT2D eigenvalue weighted by Gasteiger charge is 2.39. The SMILES string of the molecule is CN(CC1CCOCC1)C(=O)CC(NS(=O)(=O)Cc1ccccc1)C(=O)N1CCC[C@H]1C(=O)O. The molecule has 10 nitrogen and oxygen atoms in total. The van der Waals surface area contributed by atoms with Crippen LogP contribution in [0.15, 0.2) is 30.3 Å². The van der Waals surface area contributed by atoms with Gasteiger partial charge in [-0.1, -0.05) is 30.3 Å². The van der Waals surface area contributed by atoms with Crippen molar-refractivity contribution in [3.05, 3.63) is 35.9 Å². The molecule has 2 N–H and O–H groups in total. The van der Waals surface area contributed by atoms with E-state index in [2.05, 4.69) is 4.72 Å². The van der Waals surface area contributed by atoms with Crippen molar-refractivity contribution in [3.63, 3.8) is 0 Å². The van der Waals surface area contributed by atoms with Crippen molar-refractivity contribution in [2.24, 2.45) is 5.92 Å². The molecule has 2 heterocycles. The number of ether oxygens (including phenoxy) is 1. The lowest BCUT2D eigenvalue weighted by Gasteiger charge is -2.30. The van der Waals surface area contributed by atoms with Gasteiger partial charge in [0.25, 0.3) is 0 Å². The van der Waals surface area contributed by atoms with Crippen LogP contribution in [0.5, 0.6) is 0 Å². The number of carboxylic acids is 1. The van der Waals surface area contributed by atoms with E-state index in [1.807, 2.05) is 0 Å². The van der Waals surface area contributed by atoms with Crippen molar-refractivity contribution >= 4 is 27.8 Å². The first-order valence-corrected chi connectivity index (χ1v) is 13.2. The van der Waals surface area contributed by atoms with Crippen LogP contribution in [0.1, 0.15) is 37.7 Å². The molecular weight excluding hydrogens is 462 g/mol. The zero-order chi connectivity index (χ0) is 24.7. The second-order valence-electron chi connectivity index (χ2n) is 8.98. The van der Waals surface area contributed by atoms with Crippen molar-refractivity contribution in [1.29, 1.82) is 0 Å². The maximum Gasteiger partial charge on any atom is 0.326 e. The number of carbonyl (C=O) groups is 3. The monoisotopic (exact) mass is 495 g/mol. The van der Waals surface area contributed by atoms with Gasteiger partial charge in [0.05, 0.1) is 12.2 Å². The first-order valence-electron chi connectivity index (χ1n) is 11.5. The minimum atomic E-state index is -3.98. The third kappa shape index (κ3) is 7.25. The van der Waals surface area contributed by atoms with E-state index in [1.54, 1.807) is 37.4 Å². The number of carbonyl (C=O) groups excluding carboxylic acids is 2. The molecule has 2 fully saturated rings. The number of sulfonamides is 1. The number of hydrogen-bond donors (Lipinski definition) is 2. The summed E-state index contributed by atoms with van der Waals surface area (Å²) in [6.07, 6.45) is 2.08. The molecular formula is C23H33N3O7S. The molecule has 0 bridgehead atoms. The standard InChI is InChI=1S/C23H33N3O7S/c1-25(15-17-9-12-33-13-10-17)21(27)14-19(22(28)26-11-5-8-20(26)23(29)30)24-34(31,32)16-18-6-3-2-4-7-18/h2-4,6-7,17,19-20,24H,5,8-16H2,1H3,(H,29,30)/t19?,20-/m0/s1. The van der Waals surface area contributed by atoms with Gasteiger partial charge in [-0.3, -0.25) is 9.59 Å². The summed E-state index contributed by atoms with van der Waals surface area (Å²) in [5, 5.41) is 9.48. The Morgan fingerprint density at radius 1 is 1.18 bits per heavy atom. The number of rotatable bonds is 10. The summed E-state index contributed by atoms with van der Waals surface area (Å²) in [4.78, 5) is 40.5. The first kappa shape index (κ1) is 26.1. The number of nitrogens with one attached hydrogen (secondary N) is 1. The molecule has 1 unspecified atom stereocenters. The van der Waals surface area contributed by atoms with Crippen LogP contribution < -0.4 is 4.72 Å². The topological polar surface area (TPSA) is 133 Å². The Morgan fingerprint density at radius 3 is 2.50 bits per heavy atom. The Morgan fingerprint density at radius 2 is 1.85 bits per heavy atom. The second kappa shape index (κ2) is 11.8. The highest BCUT2D eigenvalue weighted by Crippen LogP contribution is 2.21. The lowest BCUT2D eigenvalue weighted by Crippen LogP contribution is -2.53. The van der Waals surface area contributed by atoms with Crippen LogP contribution in [0.25, 0.3) is 0 Å². The van der Waals surface area contributed by atoms with Crippen LogP contribution in [0.2, 0.25) is 0 Å². The molecule has 1 aromatic rings. The van der Waals surface area contributed by atoms with Gasteiger partial charge in [0, 0.05) is 33.4 Å². The molecule has 2 aliphatic heterocycles. The Kier molecular flexibility index (Phi) is 9.03. The molecule has 0 spiro atoms. The summed E-state index contributed by atoms with van der Waals surface area (Å²) in [6, 6.07) is 6.10. The molecule has 2 saturated heterocycles. The summed E-state index contributed by atoms with van der Waals surface area (Å²) in [7, 11) is -2.34. The lowest BCUT2D eigenvalue weighted by atomic mass is 9.99. The average Bonchev–Trinajstić information content (AvgIpc) is 3.29. The first-order chi connectivity index (χ1) is 16.2. The van der Waals surface area contributed by atoms with E-state index < -0.39 is 34.0 Å². The van der Waals surface area contributed by atoms with Crippen molar-refractivity contribution in [2.75, 3.05) is 33.4 Å². The van der Waals surface area contributed by atoms with E-state index in [4.69, 9.17) is 4.74 Å². The van der Waals surface area contributed by atoms with Crippen molar-refractivity contribution < 1.29 is 32.6 Å². The van der Waals surface area contributed by atoms with E-state index in [1.165, 1.54) is 9.80 Å². The van der Waals surface area contributed by atoms with Gasteiger partial charge < -0.3 is 19.6 Å². The van der Waals surface area contributed by atoms with Crippen LogP contribution in [-0.4, -0.2) is 86.5 Å². The smallest absolute Gasteiger partial charge is 0.326 e. The molecule has 188 valence electrons. The molecule has 0 saturated carbocycles. The Bertz CT molecular complexity index is 964. The summed E-state index contributed by atoms with van der Waals surface area (Å²) in [6.45, 7) is 1.97. The molecule has 0 aliphatic carbocycles. The Labute approximate surface area is 200 Å². The van der Waals surface area contributed by atoms with Gasteiger partial charge >= 0.3 is 5.97 Å². The zero-order valence-electron chi connectivity index (χ0n) is 19.4.